The number of oxime groups is 1. The van der Waals surface area contributed by atoms with Gasteiger partial charge in [0, 0.05) is 6.61 Å². The van der Waals surface area contributed by atoms with Gasteiger partial charge >= 0.3 is 0 Å². The van der Waals surface area contributed by atoms with Gasteiger partial charge in [0.15, 0.2) is 0 Å². The van der Waals surface area contributed by atoms with Crippen LogP contribution in [-0.2, 0) is 11.2 Å². The summed E-state index contributed by atoms with van der Waals surface area (Å²) in [5.41, 5.74) is 1.88. The molecule has 1 aromatic carbocycles. The van der Waals surface area contributed by atoms with Crippen LogP contribution in [0.5, 0.6) is 5.75 Å². The predicted molar refractivity (Wildman–Crippen MR) is 90.3 cm³/mol. The van der Waals surface area contributed by atoms with Crippen LogP contribution in [0, 0.1) is 5.92 Å². The Morgan fingerprint density at radius 3 is 2.65 bits per heavy atom. The SMILES string of the molecule is CC(C)[NH2+]C/C(COc1ccc(CCOCC2CC2)cc1)=N/O. The zero-order valence-corrected chi connectivity index (χ0v) is 14.2. The summed E-state index contributed by atoms with van der Waals surface area (Å²) in [6.07, 6.45) is 3.60. The van der Waals surface area contributed by atoms with Gasteiger partial charge in [0.1, 0.15) is 24.6 Å². The molecule has 1 saturated carbocycles. The molecule has 0 bridgehead atoms. The van der Waals surface area contributed by atoms with Crippen molar-refractivity contribution < 1.29 is 20.0 Å². The lowest BCUT2D eigenvalue weighted by molar-refractivity contribution is -0.670. The van der Waals surface area contributed by atoms with Gasteiger partial charge in [0.05, 0.1) is 12.6 Å². The smallest absolute Gasteiger partial charge is 0.148 e. The van der Waals surface area contributed by atoms with Crippen molar-refractivity contribution in [2.24, 2.45) is 11.1 Å². The van der Waals surface area contributed by atoms with Gasteiger partial charge in [0.2, 0.25) is 0 Å². The second-order valence-corrected chi connectivity index (χ2v) is 6.55. The van der Waals surface area contributed by atoms with Crippen molar-refractivity contribution >= 4 is 5.71 Å². The maximum atomic E-state index is 9.00. The van der Waals surface area contributed by atoms with Gasteiger partial charge in [-0.05, 0) is 56.7 Å². The van der Waals surface area contributed by atoms with E-state index < -0.39 is 0 Å². The van der Waals surface area contributed by atoms with Gasteiger partial charge in [-0.25, -0.2) is 0 Å². The average molecular weight is 321 g/mol. The maximum Gasteiger partial charge on any atom is 0.148 e. The van der Waals surface area contributed by atoms with Crippen LogP contribution in [0.4, 0.5) is 0 Å². The Morgan fingerprint density at radius 1 is 1.30 bits per heavy atom. The molecule has 0 heterocycles. The number of quaternary nitrogens is 1. The van der Waals surface area contributed by atoms with Crippen molar-refractivity contribution in [3.05, 3.63) is 29.8 Å². The highest BCUT2D eigenvalue weighted by Crippen LogP contribution is 2.28. The lowest BCUT2D eigenvalue weighted by Crippen LogP contribution is -2.90. The molecular formula is C18H29N2O3+. The van der Waals surface area contributed by atoms with E-state index in [1.165, 1.54) is 18.4 Å². The zero-order valence-electron chi connectivity index (χ0n) is 14.2. The number of ether oxygens (including phenoxy) is 2. The van der Waals surface area contributed by atoms with Crippen molar-refractivity contribution in [1.82, 2.24) is 0 Å². The van der Waals surface area contributed by atoms with E-state index in [1.807, 2.05) is 12.1 Å². The van der Waals surface area contributed by atoms with Crippen LogP contribution in [0.2, 0.25) is 0 Å². The minimum absolute atomic E-state index is 0.309. The summed E-state index contributed by atoms with van der Waals surface area (Å²) in [6.45, 7) is 6.85. The predicted octanol–water partition coefficient (Wildman–Crippen LogP) is 1.84. The lowest BCUT2D eigenvalue weighted by Gasteiger charge is -2.09. The third kappa shape index (κ3) is 7.48. The zero-order chi connectivity index (χ0) is 16.5. The highest BCUT2D eigenvalue weighted by atomic mass is 16.5. The molecule has 0 saturated heterocycles. The van der Waals surface area contributed by atoms with E-state index in [4.69, 9.17) is 14.7 Å². The van der Waals surface area contributed by atoms with Crippen molar-refractivity contribution in [3.63, 3.8) is 0 Å². The molecule has 0 spiro atoms. The molecule has 0 radical (unpaired) electrons. The summed E-state index contributed by atoms with van der Waals surface area (Å²) in [5.74, 6) is 1.61. The van der Waals surface area contributed by atoms with E-state index in [2.05, 4.69) is 36.5 Å². The standard InChI is InChI=1S/C18H28N2O3/c1-14(2)19-11-17(20-21)13-23-18-7-5-15(6-8-18)9-10-22-12-16-3-4-16/h5-8,14,16,19,21H,3-4,9-13H2,1-2H3/p+1/b20-17-. The van der Waals surface area contributed by atoms with Crippen LogP contribution < -0.4 is 10.1 Å². The fourth-order valence-electron chi connectivity index (χ4n) is 2.14. The Balaban J connectivity index is 1.66. The monoisotopic (exact) mass is 321 g/mol. The molecule has 1 aliphatic carbocycles. The number of hydrogen-bond acceptors (Lipinski definition) is 4. The van der Waals surface area contributed by atoms with Crippen molar-refractivity contribution in [2.75, 3.05) is 26.4 Å². The number of nitrogens with zero attached hydrogens (tertiary/aromatic N) is 1. The molecule has 2 rings (SSSR count). The molecule has 23 heavy (non-hydrogen) atoms. The summed E-state index contributed by atoms with van der Waals surface area (Å²) in [5, 5.41) is 14.4. The van der Waals surface area contributed by atoms with Gasteiger partial charge in [-0.3, -0.25) is 0 Å². The molecule has 5 nitrogen and oxygen atoms in total. The summed E-state index contributed by atoms with van der Waals surface area (Å²) < 4.78 is 11.3. The van der Waals surface area contributed by atoms with Gasteiger partial charge in [0.25, 0.3) is 0 Å². The molecular weight excluding hydrogens is 292 g/mol. The van der Waals surface area contributed by atoms with Crippen molar-refractivity contribution in [3.8, 4) is 5.75 Å². The molecule has 0 amide bonds. The number of benzene rings is 1. The van der Waals surface area contributed by atoms with Crippen molar-refractivity contribution in [2.45, 2.75) is 39.2 Å². The van der Waals surface area contributed by atoms with Crippen LogP contribution in [0.3, 0.4) is 0 Å². The van der Waals surface area contributed by atoms with Gasteiger partial charge in [-0.1, -0.05) is 17.3 Å². The highest BCUT2D eigenvalue weighted by molar-refractivity contribution is 5.86. The van der Waals surface area contributed by atoms with Crippen LogP contribution in [0.15, 0.2) is 29.4 Å². The Morgan fingerprint density at radius 2 is 2.04 bits per heavy atom. The Hall–Kier alpha value is -1.59. The molecule has 5 heteroatoms. The van der Waals surface area contributed by atoms with Crippen LogP contribution in [0.25, 0.3) is 0 Å². The topological polar surface area (TPSA) is 67.7 Å². The largest absolute Gasteiger partial charge is 0.487 e. The van der Waals surface area contributed by atoms with Crippen LogP contribution in [0.1, 0.15) is 32.3 Å². The maximum absolute atomic E-state index is 9.00. The van der Waals surface area contributed by atoms with E-state index in [0.717, 1.165) is 31.3 Å². The summed E-state index contributed by atoms with van der Waals surface area (Å²) in [6, 6.07) is 8.50. The Labute approximate surface area is 138 Å². The fourth-order valence-corrected chi connectivity index (χ4v) is 2.14. The molecule has 1 aliphatic rings. The second kappa shape index (κ2) is 9.53. The first-order valence-corrected chi connectivity index (χ1v) is 8.50. The minimum atomic E-state index is 0.309. The lowest BCUT2D eigenvalue weighted by atomic mass is 10.1. The normalized spacial score (nSPS) is 15.2. The summed E-state index contributed by atoms with van der Waals surface area (Å²) in [4.78, 5) is 0. The minimum Gasteiger partial charge on any atom is -0.487 e. The van der Waals surface area contributed by atoms with Crippen LogP contribution in [-0.4, -0.2) is 43.3 Å². The number of hydrogen-bond donors (Lipinski definition) is 2. The van der Waals surface area contributed by atoms with E-state index in [-0.39, 0.29) is 0 Å². The molecule has 0 unspecified atom stereocenters. The van der Waals surface area contributed by atoms with E-state index in [0.29, 0.717) is 24.9 Å². The molecule has 128 valence electrons. The van der Waals surface area contributed by atoms with E-state index >= 15 is 0 Å². The Kier molecular flexibility index (Phi) is 7.36. The van der Waals surface area contributed by atoms with Crippen LogP contribution >= 0.6 is 0 Å². The van der Waals surface area contributed by atoms with E-state index in [1.54, 1.807) is 0 Å². The number of rotatable bonds is 11. The fraction of sp³-hybridized carbons (Fsp3) is 0.611. The summed E-state index contributed by atoms with van der Waals surface area (Å²) in [7, 11) is 0. The van der Waals surface area contributed by atoms with Crippen molar-refractivity contribution in [1.29, 1.82) is 0 Å². The third-order valence-electron chi connectivity index (χ3n) is 3.88. The highest BCUT2D eigenvalue weighted by Gasteiger charge is 2.20. The number of nitrogens with two attached hydrogens (primary N) is 1. The molecule has 0 aromatic heterocycles. The Bertz CT molecular complexity index is 482. The molecule has 3 N–H and O–H groups in total. The third-order valence-corrected chi connectivity index (χ3v) is 3.88. The molecule has 0 aliphatic heterocycles. The average Bonchev–Trinajstić information content (AvgIpc) is 3.37. The second-order valence-electron chi connectivity index (χ2n) is 6.55. The molecule has 1 fully saturated rings. The van der Waals surface area contributed by atoms with Gasteiger partial charge in [-0.2, -0.15) is 0 Å². The van der Waals surface area contributed by atoms with Gasteiger partial charge < -0.3 is 20.0 Å². The quantitative estimate of drug-likeness (QED) is 0.283. The van der Waals surface area contributed by atoms with E-state index in [9.17, 15) is 0 Å². The first-order chi connectivity index (χ1) is 11.2. The van der Waals surface area contributed by atoms with Gasteiger partial charge in [-0.15, -0.1) is 0 Å². The first-order valence-electron chi connectivity index (χ1n) is 8.50. The molecule has 1 aromatic rings. The first kappa shape index (κ1) is 17.8. The molecule has 0 atom stereocenters. The summed E-state index contributed by atoms with van der Waals surface area (Å²) >= 11 is 0.